The summed E-state index contributed by atoms with van der Waals surface area (Å²) in [5.41, 5.74) is 2.14. The quantitative estimate of drug-likeness (QED) is 0.163. The van der Waals surface area contributed by atoms with Crippen molar-refractivity contribution in [2.45, 2.75) is 43.4 Å². The molecule has 5 heteroatoms. The Labute approximate surface area is 178 Å². The summed E-state index contributed by atoms with van der Waals surface area (Å²) >= 11 is 3.80. The average molecular weight is 443 g/mol. The number of hydrogen-bond acceptors (Lipinski definition) is 4. The predicted molar refractivity (Wildman–Crippen MR) is 126 cm³/mol. The molecule has 0 N–H and O–H groups in total. The van der Waals surface area contributed by atoms with E-state index in [2.05, 4.69) is 45.3 Å². The summed E-state index contributed by atoms with van der Waals surface area (Å²) < 4.78 is 0. The van der Waals surface area contributed by atoms with Crippen LogP contribution < -0.4 is 5.01 Å². The van der Waals surface area contributed by atoms with Gasteiger partial charge in [-0.3, -0.25) is 0 Å². The number of halogens is 1. The lowest BCUT2D eigenvalue weighted by Gasteiger charge is -2.19. The zero-order valence-electron chi connectivity index (χ0n) is 16.9. The van der Waals surface area contributed by atoms with Gasteiger partial charge in [-0.1, -0.05) is 52.3 Å². The first kappa shape index (κ1) is 22.2. The summed E-state index contributed by atoms with van der Waals surface area (Å²) in [5, 5.41) is 12.8. The highest BCUT2D eigenvalue weighted by molar-refractivity contribution is 9.09. The van der Waals surface area contributed by atoms with Gasteiger partial charge in [0.05, 0.1) is 11.4 Å². The van der Waals surface area contributed by atoms with Crippen LogP contribution in [-0.4, -0.2) is 36.4 Å². The molecular formula is C23H31BrN4. The molecule has 0 aliphatic heterocycles. The molecule has 0 saturated heterocycles. The molecule has 0 heterocycles. The number of hydrogen-bond donors (Lipinski definition) is 0. The predicted octanol–water partition coefficient (Wildman–Crippen LogP) is 6.46. The fraction of sp³-hybridized carbons (Fsp3) is 0.391. The Kier molecular flexibility index (Phi) is 10.4. The topological polar surface area (TPSA) is 31.2 Å². The zero-order chi connectivity index (χ0) is 20.0. The normalized spacial score (nSPS) is 12.5. The van der Waals surface area contributed by atoms with Crippen LogP contribution in [-0.2, 0) is 0 Å². The Morgan fingerprint density at radius 2 is 1.25 bits per heavy atom. The Morgan fingerprint density at radius 1 is 0.786 bits per heavy atom. The number of nitrogens with zero attached hydrogens (tertiary/aromatic N) is 4. The summed E-state index contributed by atoms with van der Waals surface area (Å²) in [6.45, 7) is 0. The zero-order valence-corrected chi connectivity index (χ0v) is 18.5. The van der Waals surface area contributed by atoms with Crippen LogP contribution in [0.4, 0.5) is 11.4 Å². The Bertz CT molecular complexity index is 662. The third kappa shape index (κ3) is 8.70. The molecule has 1 unspecified atom stereocenters. The molecule has 0 aliphatic carbocycles. The smallest absolute Gasteiger partial charge is 0.0652 e. The van der Waals surface area contributed by atoms with Crippen LogP contribution in [0.25, 0.3) is 0 Å². The Balaban J connectivity index is 1.76. The maximum absolute atomic E-state index is 4.74. The first-order valence-corrected chi connectivity index (χ1v) is 10.8. The molecule has 0 bridgehead atoms. The molecule has 0 fully saturated rings. The monoisotopic (exact) mass is 442 g/mol. The molecule has 150 valence electrons. The van der Waals surface area contributed by atoms with Crippen LogP contribution in [0.5, 0.6) is 0 Å². The molecule has 0 radical (unpaired) electrons. The molecule has 2 aromatic rings. The van der Waals surface area contributed by atoms with Gasteiger partial charge in [0.2, 0.25) is 0 Å². The van der Waals surface area contributed by atoms with Gasteiger partial charge >= 0.3 is 0 Å². The van der Waals surface area contributed by atoms with Gasteiger partial charge in [-0.25, -0.2) is 5.01 Å². The lowest BCUT2D eigenvalue weighted by atomic mass is 10.1. The number of benzene rings is 2. The van der Waals surface area contributed by atoms with E-state index in [-0.39, 0.29) is 0 Å². The molecule has 1 atom stereocenters. The summed E-state index contributed by atoms with van der Waals surface area (Å²) in [6, 6.07) is 20.5. The Hall–Kier alpha value is -2.14. The molecule has 2 rings (SSSR count). The molecule has 2 aromatic carbocycles. The number of unbranched alkanes of at least 4 members (excludes halogenated alkanes) is 2. The maximum atomic E-state index is 4.74. The van der Waals surface area contributed by atoms with E-state index in [1.807, 2.05) is 72.9 Å². The second-order valence-electron chi connectivity index (χ2n) is 6.89. The summed E-state index contributed by atoms with van der Waals surface area (Å²) in [5.74, 6) is 0. The van der Waals surface area contributed by atoms with Crippen molar-refractivity contribution in [2.75, 3.05) is 19.1 Å². The van der Waals surface area contributed by atoms with Gasteiger partial charge in [0, 0.05) is 31.4 Å². The van der Waals surface area contributed by atoms with Crippen LogP contribution >= 0.6 is 15.9 Å². The number of rotatable bonds is 12. The lowest BCUT2D eigenvalue weighted by Crippen LogP contribution is -2.09. The summed E-state index contributed by atoms with van der Waals surface area (Å²) in [4.78, 5) is 0.563. The molecule has 28 heavy (non-hydrogen) atoms. The van der Waals surface area contributed by atoms with Gasteiger partial charge in [0.1, 0.15) is 0 Å². The number of hydrazone groups is 2. The van der Waals surface area contributed by atoms with E-state index in [4.69, 9.17) is 5.10 Å². The molecular weight excluding hydrogens is 412 g/mol. The number of para-hydroxylation sites is 2. The highest BCUT2D eigenvalue weighted by Gasteiger charge is 2.06. The Morgan fingerprint density at radius 3 is 1.71 bits per heavy atom. The minimum Gasteiger partial charge on any atom is -0.303 e. The molecule has 0 saturated carbocycles. The van der Waals surface area contributed by atoms with Crippen molar-refractivity contribution in [2.24, 2.45) is 10.2 Å². The highest BCUT2D eigenvalue weighted by atomic mass is 79.9. The minimum absolute atomic E-state index is 0.563. The van der Waals surface area contributed by atoms with Crippen LogP contribution in [0.2, 0.25) is 0 Å². The molecule has 0 aliphatic rings. The highest BCUT2D eigenvalue weighted by Crippen LogP contribution is 2.25. The van der Waals surface area contributed by atoms with Gasteiger partial charge in [0.15, 0.2) is 0 Å². The van der Waals surface area contributed by atoms with Crippen molar-refractivity contribution in [1.82, 2.24) is 5.01 Å². The van der Waals surface area contributed by atoms with Gasteiger partial charge in [0.25, 0.3) is 0 Å². The fourth-order valence-electron chi connectivity index (χ4n) is 2.79. The van der Waals surface area contributed by atoms with E-state index in [1.165, 1.54) is 6.42 Å². The van der Waals surface area contributed by atoms with Crippen molar-refractivity contribution < 1.29 is 0 Å². The van der Waals surface area contributed by atoms with E-state index < -0.39 is 0 Å². The number of anilines is 2. The SMILES string of the molecule is CN(C)/N=C/CCCC(Br)CCC/C=N/N(c1ccccc1)c1ccccc1. The van der Waals surface area contributed by atoms with Crippen molar-refractivity contribution in [3.63, 3.8) is 0 Å². The molecule has 0 spiro atoms. The second kappa shape index (κ2) is 13.1. The number of alkyl halides is 1. The van der Waals surface area contributed by atoms with Crippen molar-refractivity contribution >= 4 is 39.7 Å². The average Bonchev–Trinajstić information content (AvgIpc) is 2.71. The third-order valence-electron chi connectivity index (χ3n) is 4.21. The second-order valence-corrected chi connectivity index (χ2v) is 8.18. The van der Waals surface area contributed by atoms with E-state index in [0.717, 1.165) is 43.5 Å². The fourth-order valence-corrected chi connectivity index (χ4v) is 3.43. The third-order valence-corrected chi connectivity index (χ3v) is 5.13. The van der Waals surface area contributed by atoms with Crippen LogP contribution in [0.3, 0.4) is 0 Å². The summed E-state index contributed by atoms with van der Waals surface area (Å²) in [6.07, 6.45) is 10.7. The summed E-state index contributed by atoms with van der Waals surface area (Å²) in [7, 11) is 3.89. The van der Waals surface area contributed by atoms with Gasteiger partial charge < -0.3 is 5.01 Å². The minimum atomic E-state index is 0.563. The van der Waals surface area contributed by atoms with Crippen molar-refractivity contribution in [3.05, 3.63) is 60.7 Å². The molecule has 0 aromatic heterocycles. The van der Waals surface area contributed by atoms with Crippen molar-refractivity contribution in [3.8, 4) is 0 Å². The molecule has 0 amide bonds. The van der Waals surface area contributed by atoms with Gasteiger partial charge in [-0.2, -0.15) is 10.2 Å². The van der Waals surface area contributed by atoms with Crippen molar-refractivity contribution in [1.29, 1.82) is 0 Å². The van der Waals surface area contributed by atoms with Crippen LogP contribution in [0.1, 0.15) is 38.5 Å². The first-order valence-electron chi connectivity index (χ1n) is 9.93. The lowest BCUT2D eigenvalue weighted by molar-refractivity contribution is 0.438. The maximum Gasteiger partial charge on any atom is 0.0652 e. The first-order chi connectivity index (χ1) is 13.7. The molecule has 4 nitrogen and oxygen atoms in total. The van der Waals surface area contributed by atoms with Crippen LogP contribution in [0.15, 0.2) is 70.9 Å². The van der Waals surface area contributed by atoms with Gasteiger partial charge in [-0.15, -0.1) is 0 Å². The van der Waals surface area contributed by atoms with Crippen LogP contribution in [0, 0.1) is 0 Å². The standard InChI is InChI=1S/C23H31BrN4/c1-27(2)25-19-11-9-13-21(24)14-10-12-20-26-28(22-15-5-3-6-16-22)23-17-7-4-8-18-23/h3-8,15-21H,9-14H2,1-2H3/b25-19+,26-20+. The van der Waals surface area contributed by atoms with E-state index >= 15 is 0 Å². The van der Waals surface area contributed by atoms with E-state index in [1.54, 1.807) is 0 Å². The van der Waals surface area contributed by atoms with Gasteiger partial charge in [-0.05, 0) is 62.8 Å². The van der Waals surface area contributed by atoms with E-state index in [9.17, 15) is 0 Å². The van der Waals surface area contributed by atoms with E-state index in [0.29, 0.717) is 4.83 Å². The largest absolute Gasteiger partial charge is 0.303 e.